The lowest BCUT2D eigenvalue weighted by Gasteiger charge is -2.28. The Hall–Kier alpha value is -2.80. The van der Waals surface area contributed by atoms with Crippen LogP contribution >= 0.6 is 15.9 Å². The fourth-order valence-electron chi connectivity index (χ4n) is 2.80. The number of benzene rings is 2. The highest BCUT2D eigenvalue weighted by molar-refractivity contribution is 9.10. The van der Waals surface area contributed by atoms with Crippen LogP contribution in [0.1, 0.15) is 18.5 Å². The number of esters is 1. The van der Waals surface area contributed by atoms with E-state index in [1.54, 1.807) is 6.92 Å². The first kappa shape index (κ1) is 19.0. The summed E-state index contributed by atoms with van der Waals surface area (Å²) in [6, 6.07) is 15.8. The summed E-state index contributed by atoms with van der Waals surface area (Å²) < 4.78 is 11.7. The van der Waals surface area contributed by atoms with Crippen molar-refractivity contribution in [3.05, 3.63) is 75.9 Å². The Kier molecular flexibility index (Phi) is 6.13. The zero-order chi connectivity index (χ0) is 19.2. The van der Waals surface area contributed by atoms with E-state index >= 15 is 0 Å². The zero-order valence-corrected chi connectivity index (χ0v) is 16.3. The smallest absolute Gasteiger partial charge is 0.338 e. The summed E-state index contributed by atoms with van der Waals surface area (Å²) in [5.41, 5.74) is 1.61. The minimum absolute atomic E-state index is 0.0983. The number of hydrogen-bond acceptors (Lipinski definition) is 4. The number of carbonyl (C=O) groups is 2. The largest absolute Gasteiger partial charge is 0.490 e. The predicted molar refractivity (Wildman–Crippen MR) is 104 cm³/mol. The number of ether oxygens (including phenoxy) is 2. The molecule has 0 unspecified atom stereocenters. The molecular weight excluding hydrogens is 412 g/mol. The van der Waals surface area contributed by atoms with Gasteiger partial charge in [0.1, 0.15) is 19.0 Å². The maximum Gasteiger partial charge on any atom is 0.338 e. The molecule has 140 valence electrons. The van der Waals surface area contributed by atoms with Crippen LogP contribution < -0.4 is 15.4 Å². The third-order valence-electron chi connectivity index (χ3n) is 4.03. The predicted octanol–water partition coefficient (Wildman–Crippen LogP) is 3.70. The molecule has 3 rings (SSSR count). The molecule has 1 atom stereocenters. The van der Waals surface area contributed by atoms with Crippen molar-refractivity contribution in [3.63, 3.8) is 0 Å². The number of hydrogen-bond donors (Lipinski definition) is 2. The third kappa shape index (κ3) is 4.68. The quantitative estimate of drug-likeness (QED) is 0.540. The number of urea groups is 1. The van der Waals surface area contributed by atoms with E-state index in [0.29, 0.717) is 17.0 Å². The highest BCUT2D eigenvalue weighted by atomic mass is 79.9. The number of nitrogens with one attached hydrogen (secondary N) is 2. The Bertz CT molecular complexity index is 867. The van der Waals surface area contributed by atoms with E-state index < -0.39 is 12.0 Å². The van der Waals surface area contributed by atoms with Gasteiger partial charge in [0.05, 0.1) is 11.6 Å². The average Bonchev–Trinajstić information content (AvgIpc) is 2.65. The van der Waals surface area contributed by atoms with Crippen molar-refractivity contribution in [2.24, 2.45) is 0 Å². The minimum atomic E-state index is -0.600. The first-order valence-corrected chi connectivity index (χ1v) is 9.23. The molecule has 0 aliphatic carbocycles. The monoisotopic (exact) mass is 430 g/mol. The van der Waals surface area contributed by atoms with Gasteiger partial charge in [-0.3, -0.25) is 0 Å². The maximum atomic E-state index is 12.7. The Morgan fingerprint density at radius 2 is 1.78 bits per heavy atom. The Morgan fingerprint density at radius 1 is 1.07 bits per heavy atom. The number of rotatable bonds is 6. The second kappa shape index (κ2) is 8.73. The first-order valence-electron chi connectivity index (χ1n) is 8.44. The van der Waals surface area contributed by atoms with Gasteiger partial charge in [-0.05, 0) is 30.7 Å². The van der Waals surface area contributed by atoms with E-state index in [0.717, 1.165) is 10.0 Å². The van der Waals surface area contributed by atoms with Crippen LogP contribution in [0.5, 0.6) is 5.75 Å². The summed E-state index contributed by atoms with van der Waals surface area (Å²) >= 11 is 3.47. The molecule has 27 heavy (non-hydrogen) atoms. The molecule has 0 saturated heterocycles. The van der Waals surface area contributed by atoms with Crippen molar-refractivity contribution in [3.8, 4) is 5.75 Å². The lowest BCUT2D eigenvalue weighted by molar-refractivity contribution is -0.140. The van der Waals surface area contributed by atoms with Gasteiger partial charge in [0.2, 0.25) is 0 Å². The molecular formula is C20H19BrN2O4. The fraction of sp³-hybridized carbons (Fsp3) is 0.200. The molecule has 1 aliphatic rings. The second-order valence-corrected chi connectivity index (χ2v) is 6.74. The summed E-state index contributed by atoms with van der Waals surface area (Å²) in [5.74, 6) is 0.207. The van der Waals surface area contributed by atoms with Crippen LogP contribution in [0.2, 0.25) is 0 Å². The van der Waals surface area contributed by atoms with Crippen molar-refractivity contribution < 1.29 is 19.1 Å². The highest BCUT2D eigenvalue weighted by Crippen LogP contribution is 2.32. The summed E-state index contributed by atoms with van der Waals surface area (Å²) in [6.07, 6.45) is 0. The lowest BCUT2D eigenvalue weighted by Crippen LogP contribution is -2.45. The van der Waals surface area contributed by atoms with Crippen LogP contribution in [0.4, 0.5) is 4.79 Å². The normalized spacial score (nSPS) is 16.4. The number of allylic oxidation sites excluding steroid dienone is 1. The van der Waals surface area contributed by atoms with Gasteiger partial charge in [0.15, 0.2) is 0 Å². The number of amides is 2. The van der Waals surface area contributed by atoms with Gasteiger partial charge < -0.3 is 20.1 Å². The second-order valence-electron chi connectivity index (χ2n) is 5.89. The van der Waals surface area contributed by atoms with Crippen molar-refractivity contribution in [1.82, 2.24) is 10.6 Å². The van der Waals surface area contributed by atoms with E-state index in [9.17, 15) is 9.59 Å². The summed E-state index contributed by atoms with van der Waals surface area (Å²) in [5, 5.41) is 5.41. The van der Waals surface area contributed by atoms with E-state index in [4.69, 9.17) is 9.47 Å². The Balaban J connectivity index is 1.69. The van der Waals surface area contributed by atoms with Crippen LogP contribution in [-0.4, -0.2) is 25.2 Å². The maximum absolute atomic E-state index is 12.7. The van der Waals surface area contributed by atoms with Gasteiger partial charge in [0, 0.05) is 10.2 Å². The molecule has 0 fully saturated rings. The average molecular weight is 431 g/mol. The van der Waals surface area contributed by atoms with Crippen LogP contribution in [-0.2, 0) is 9.53 Å². The molecule has 0 spiro atoms. The fourth-order valence-corrected chi connectivity index (χ4v) is 3.31. The topological polar surface area (TPSA) is 76.7 Å². The molecule has 2 aromatic carbocycles. The van der Waals surface area contributed by atoms with Gasteiger partial charge in [0.25, 0.3) is 0 Å². The molecule has 0 radical (unpaired) electrons. The molecule has 0 aromatic heterocycles. The van der Waals surface area contributed by atoms with Crippen molar-refractivity contribution in [2.45, 2.75) is 13.0 Å². The third-order valence-corrected chi connectivity index (χ3v) is 4.76. The van der Waals surface area contributed by atoms with Gasteiger partial charge in [-0.15, -0.1) is 0 Å². The van der Waals surface area contributed by atoms with E-state index in [1.165, 1.54) is 0 Å². The number of halogens is 1. The Morgan fingerprint density at radius 3 is 2.52 bits per heavy atom. The van der Waals surface area contributed by atoms with Crippen LogP contribution in [0.3, 0.4) is 0 Å². The SMILES string of the molecule is CC1=C(C(=O)OCCOc2ccccc2)[C@H](c2ccccc2Br)NC(=O)N1. The minimum Gasteiger partial charge on any atom is -0.490 e. The molecule has 2 aromatic rings. The van der Waals surface area contributed by atoms with Crippen molar-refractivity contribution in [1.29, 1.82) is 0 Å². The van der Waals surface area contributed by atoms with Gasteiger partial charge in [-0.2, -0.15) is 0 Å². The molecule has 1 heterocycles. The van der Waals surface area contributed by atoms with Crippen molar-refractivity contribution >= 4 is 27.9 Å². The van der Waals surface area contributed by atoms with E-state index in [-0.39, 0.29) is 19.2 Å². The lowest BCUT2D eigenvalue weighted by atomic mass is 9.95. The Labute approximate surface area is 165 Å². The van der Waals surface area contributed by atoms with Crippen LogP contribution in [0, 0.1) is 0 Å². The van der Waals surface area contributed by atoms with Gasteiger partial charge >= 0.3 is 12.0 Å². The van der Waals surface area contributed by atoms with Gasteiger partial charge in [-0.25, -0.2) is 9.59 Å². The highest BCUT2D eigenvalue weighted by Gasteiger charge is 2.33. The number of carbonyl (C=O) groups excluding carboxylic acids is 2. The van der Waals surface area contributed by atoms with E-state index in [1.807, 2.05) is 54.6 Å². The molecule has 2 N–H and O–H groups in total. The molecule has 0 bridgehead atoms. The first-order chi connectivity index (χ1) is 13.1. The van der Waals surface area contributed by atoms with Crippen LogP contribution in [0.25, 0.3) is 0 Å². The molecule has 6 nitrogen and oxygen atoms in total. The number of para-hydroxylation sites is 1. The van der Waals surface area contributed by atoms with Crippen molar-refractivity contribution in [2.75, 3.05) is 13.2 Å². The molecule has 7 heteroatoms. The molecule has 2 amide bonds. The molecule has 0 saturated carbocycles. The van der Waals surface area contributed by atoms with Gasteiger partial charge in [-0.1, -0.05) is 52.3 Å². The summed E-state index contributed by atoms with van der Waals surface area (Å²) in [7, 11) is 0. The molecule has 1 aliphatic heterocycles. The summed E-state index contributed by atoms with van der Waals surface area (Å²) in [4.78, 5) is 24.6. The zero-order valence-electron chi connectivity index (χ0n) is 14.7. The van der Waals surface area contributed by atoms with Crippen LogP contribution in [0.15, 0.2) is 70.3 Å². The standard InChI is InChI=1S/C20H19BrN2O4/c1-13-17(19(24)27-12-11-26-14-7-3-2-4-8-14)18(23-20(25)22-13)15-9-5-6-10-16(15)21/h2-10,18H,11-12H2,1H3,(H2,22,23,25)/t18-/m0/s1. The summed E-state index contributed by atoms with van der Waals surface area (Å²) in [6.45, 7) is 2.02. The van der Waals surface area contributed by atoms with E-state index in [2.05, 4.69) is 26.6 Å².